The topological polar surface area (TPSA) is 113 Å². The first-order chi connectivity index (χ1) is 18.3. The number of halogens is 1. The molecule has 1 unspecified atom stereocenters. The quantitative estimate of drug-likeness (QED) is 0.0919. The maximum absolute atomic E-state index is 13.6. The molecule has 0 saturated carbocycles. The largest absolute Gasteiger partial charge is 1.00 e. The minimum absolute atomic E-state index is 0. The summed E-state index contributed by atoms with van der Waals surface area (Å²) in [6.07, 6.45) is 7.76. The van der Waals surface area contributed by atoms with Crippen molar-refractivity contribution in [1.29, 1.82) is 0 Å². The number of unbranched alkanes of at least 4 members (excludes halogenated alkanes) is 7. The number of carboxylic acids is 1. The number of carbonyl (C=O) groups is 1. The predicted molar refractivity (Wildman–Crippen MR) is 144 cm³/mol. The summed E-state index contributed by atoms with van der Waals surface area (Å²) in [6, 6.07) is 12.4. The van der Waals surface area contributed by atoms with E-state index in [9.17, 15) is 23.6 Å². The number of rotatable bonds is 16. The van der Waals surface area contributed by atoms with E-state index < -0.39 is 16.0 Å². The predicted octanol–water partition coefficient (Wildman–Crippen LogP) is -2.18. The van der Waals surface area contributed by atoms with E-state index in [-0.39, 0.29) is 83.1 Å². The number of para-hydroxylation sites is 1. The molecule has 0 amide bonds. The van der Waals surface area contributed by atoms with E-state index in [2.05, 4.69) is 9.79 Å². The molecular weight excluding hydrogens is 574 g/mol. The molecule has 0 saturated heterocycles. The average molecular weight is 611 g/mol. The van der Waals surface area contributed by atoms with Gasteiger partial charge in [0.05, 0.1) is 16.6 Å². The summed E-state index contributed by atoms with van der Waals surface area (Å²) in [6.45, 7) is 1.73. The number of anilines is 1. The summed E-state index contributed by atoms with van der Waals surface area (Å²) in [7, 11) is -2.24. The van der Waals surface area contributed by atoms with Crippen LogP contribution in [0, 0.1) is 0 Å². The molecule has 2 aromatic rings. The monoisotopic (exact) mass is 610 g/mol. The first-order valence-corrected chi connectivity index (χ1v) is 15.1. The smallest absolute Gasteiger partial charge is 0.723 e. The summed E-state index contributed by atoms with van der Waals surface area (Å²) < 4.78 is 28.6. The van der Waals surface area contributed by atoms with E-state index in [0.29, 0.717) is 22.7 Å². The van der Waals surface area contributed by atoms with E-state index in [1.165, 1.54) is 10.4 Å². The normalized spacial score (nSPS) is 15.4. The van der Waals surface area contributed by atoms with Crippen LogP contribution in [0.1, 0.15) is 81.4 Å². The summed E-state index contributed by atoms with van der Waals surface area (Å²) in [4.78, 5) is 17.2. The Morgan fingerprint density at radius 1 is 0.925 bits per heavy atom. The number of fused-ring (bicyclic) bond motifs is 2. The van der Waals surface area contributed by atoms with Crippen LogP contribution in [-0.4, -0.2) is 46.0 Å². The minimum atomic E-state index is -3.81. The number of carbonyl (C=O) groups excluding carboxylic acids is 1. The van der Waals surface area contributed by atoms with Crippen LogP contribution in [0.15, 0.2) is 47.4 Å². The van der Waals surface area contributed by atoms with Crippen molar-refractivity contribution in [2.24, 2.45) is 0 Å². The molecular formula is C28H37ClN2Na2O6S. The van der Waals surface area contributed by atoms with Gasteiger partial charge >= 0.3 is 59.1 Å². The van der Waals surface area contributed by atoms with Gasteiger partial charge in [0.25, 0.3) is 10.0 Å². The number of benzene rings is 2. The third kappa shape index (κ3) is 10.5. The molecule has 3 rings (SSSR count). The number of carboxylic acid groups (broad SMARTS) is 1. The van der Waals surface area contributed by atoms with E-state index in [4.69, 9.17) is 11.6 Å². The average Bonchev–Trinajstić information content (AvgIpc) is 2.96. The standard InChI is InChI=1S/C28H39ClN2O6S.2Na/c1-30-25-14-9-8-13-23(25)28(24-17-16-22(29)21-26(24)38(30,35)36)31(18-10-4-2-6-12-20-37-34)19-11-5-3-7-15-27(32)33;;/h8-9,13-14,16-17,21,28,34H,2-7,10-12,15,18-20H2,1H3,(H,32,33);;/q;2*+1/p-2. The van der Waals surface area contributed by atoms with E-state index >= 15 is 0 Å². The van der Waals surface area contributed by atoms with Gasteiger partial charge in [-0.3, -0.25) is 9.21 Å². The molecule has 0 aliphatic carbocycles. The van der Waals surface area contributed by atoms with Crippen LogP contribution in [0.3, 0.4) is 0 Å². The molecule has 1 aliphatic heterocycles. The van der Waals surface area contributed by atoms with Gasteiger partial charge in [-0.25, -0.2) is 8.42 Å². The van der Waals surface area contributed by atoms with Crippen LogP contribution in [-0.2, 0) is 19.7 Å². The second kappa shape index (κ2) is 19.2. The van der Waals surface area contributed by atoms with Crippen LogP contribution >= 0.6 is 11.6 Å². The van der Waals surface area contributed by atoms with Crippen LogP contribution < -0.4 is 73.8 Å². The summed E-state index contributed by atoms with van der Waals surface area (Å²) in [5.74, 6) is -1.02. The van der Waals surface area contributed by atoms with E-state index in [1.807, 2.05) is 30.3 Å². The van der Waals surface area contributed by atoms with Crippen molar-refractivity contribution in [1.82, 2.24) is 4.90 Å². The zero-order valence-electron chi connectivity index (χ0n) is 23.9. The fourth-order valence-electron chi connectivity index (χ4n) is 5.11. The molecule has 0 aromatic heterocycles. The van der Waals surface area contributed by atoms with Crippen molar-refractivity contribution in [3.8, 4) is 0 Å². The Labute approximate surface area is 288 Å². The molecule has 0 bridgehead atoms. The molecule has 210 valence electrons. The molecule has 1 heterocycles. The molecule has 8 nitrogen and oxygen atoms in total. The third-order valence-electron chi connectivity index (χ3n) is 7.09. The van der Waals surface area contributed by atoms with Gasteiger partial charge in [-0.15, -0.1) is 0 Å². The zero-order chi connectivity index (χ0) is 27.5. The maximum Gasteiger partial charge on any atom is 1.00 e. The van der Waals surface area contributed by atoms with Crippen molar-refractivity contribution in [2.45, 2.75) is 75.1 Å². The van der Waals surface area contributed by atoms with Gasteiger partial charge in [0.15, 0.2) is 0 Å². The van der Waals surface area contributed by atoms with Gasteiger partial charge in [-0.1, -0.05) is 68.0 Å². The van der Waals surface area contributed by atoms with E-state index in [1.54, 1.807) is 13.1 Å². The van der Waals surface area contributed by atoms with Gasteiger partial charge in [0.2, 0.25) is 0 Å². The van der Waals surface area contributed by atoms with Gasteiger partial charge < -0.3 is 20.0 Å². The molecule has 0 spiro atoms. The van der Waals surface area contributed by atoms with Crippen molar-refractivity contribution in [3.05, 3.63) is 58.6 Å². The van der Waals surface area contributed by atoms with Crippen LogP contribution in [0.4, 0.5) is 5.69 Å². The second-order valence-electron chi connectivity index (χ2n) is 9.78. The first-order valence-electron chi connectivity index (χ1n) is 13.3. The fourth-order valence-corrected chi connectivity index (χ4v) is 6.83. The van der Waals surface area contributed by atoms with Crippen molar-refractivity contribution in [2.75, 3.05) is 31.0 Å². The fraction of sp³-hybridized carbons (Fsp3) is 0.536. The number of hydrogen-bond acceptors (Lipinski definition) is 7. The molecule has 1 atom stereocenters. The molecule has 2 aromatic carbocycles. The van der Waals surface area contributed by atoms with Gasteiger partial charge in [0, 0.05) is 24.6 Å². The van der Waals surface area contributed by atoms with Gasteiger partial charge in [-0.2, -0.15) is 0 Å². The Balaban J connectivity index is 0.00000400. The molecule has 0 N–H and O–H groups in total. The first kappa shape index (κ1) is 37.9. The zero-order valence-corrected chi connectivity index (χ0v) is 29.5. The van der Waals surface area contributed by atoms with Crippen LogP contribution in [0.2, 0.25) is 5.02 Å². The summed E-state index contributed by atoms with van der Waals surface area (Å²) in [5.41, 5.74) is 2.27. The molecule has 0 fully saturated rings. The van der Waals surface area contributed by atoms with Crippen LogP contribution in [0.5, 0.6) is 0 Å². The molecule has 0 radical (unpaired) electrons. The Bertz CT molecular complexity index is 1170. The number of aliphatic carboxylic acids is 1. The Kier molecular flexibility index (Phi) is 18.1. The Morgan fingerprint density at radius 3 is 2.17 bits per heavy atom. The van der Waals surface area contributed by atoms with Crippen molar-refractivity contribution < 1.29 is 87.6 Å². The second-order valence-corrected chi connectivity index (χ2v) is 12.2. The Morgan fingerprint density at radius 2 is 1.52 bits per heavy atom. The Hall–Kier alpha value is -0.170. The SMILES string of the molecule is CN1c2ccccc2C(N(CCCCCCCO[O-])CCCCCCC(=O)[O-])c2ccc(Cl)cc2S1(=O)=O.[Na+].[Na+]. The van der Waals surface area contributed by atoms with Gasteiger partial charge in [-0.05, 0) is 74.5 Å². The molecule has 1 aliphatic rings. The maximum atomic E-state index is 13.6. The van der Waals surface area contributed by atoms with Gasteiger partial charge in [0.1, 0.15) is 0 Å². The number of hydrogen-bond donors (Lipinski definition) is 0. The van der Waals surface area contributed by atoms with Crippen molar-refractivity contribution in [3.63, 3.8) is 0 Å². The summed E-state index contributed by atoms with van der Waals surface area (Å²) in [5, 5.41) is 21.3. The van der Waals surface area contributed by atoms with Crippen molar-refractivity contribution >= 4 is 33.3 Å². The molecule has 12 heteroatoms. The molecule has 40 heavy (non-hydrogen) atoms. The van der Waals surface area contributed by atoms with E-state index in [0.717, 1.165) is 70.0 Å². The number of nitrogens with zero attached hydrogens (tertiary/aromatic N) is 2. The van der Waals surface area contributed by atoms with Crippen LogP contribution in [0.25, 0.3) is 0 Å². The number of sulfonamides is 1. The summed E-state index contributed by atoms with van der Waals surface area (Å²) >= 11 is 6.28. The minimum Gasteiger partial charge on any atom is -0.723 e. The third-order valence-corrected chi connectivity index (χ3v) is 9.16.